The first-order valence-corrected chi connectivity index (χ1v) is 5.68. The third-order valence-corrected chi connectivity index (χ3v) is 2.27. The lowest BCUT2D eigenvalue weighted by Crippen LogP contribution is -2.17. The maximum atomic E-state index is 11.8. The van der Waals surface area contributed by atoms with E-state index in [0.29, 0.717) is 5.56 Å². The zero-order valence-electron chi connectivity index (χ0n) is 12.7. The fourth-order valence-electron chi connectivity index (χ4n) is 0.879. The third kappa shape index (κ3) is 4.80. The summed E-state index contributed by atoms with van der Waals surface area (Å²) in [7, 11) is 0. The Hall–Kier alpha value is -0.350. The van der Waals surface area contributed by atoms with Gasteiger partial charge in [-0.1, -0.05) is 62.2 Å². The molecule has 15 heavy (non-hydrogen) atoms. The summed E-state index contributed by atoms with van der Waals surface area (Å²) in [6.07, 6.45) is -2.84. The molecule has 0 spiro atoms. The lowest BCUT2D eigenvalue weighted by atomic mass is 10.2. The molecule has 0 radical (unpaired) electrons. The number of ether oxygens (including phenoxy) is 1. The molecule has 0 amide bonds. The van der Waals surface area contributed by atoms with Crippen LogP contribution in [0.3, 0.4) is 0 Å². The van der Waals surface area contributed by atoms with Crippen LogP contribution in [0, 0.1) is 0 Å². The summed E-state index contributed by atoms with van der Waals surface area (Å²) in [6, 6.07) is 8.73. The van der Waals surface area contributed by atoms with Crippen LogP contribution in [0.1, 0.15) is 18.8 Å². The molecule has 0 aromatic heterocycles. The molecule has 0 heterocycles. The Balaban J connectivity index is 2.80. The van der Waals surface area contributed by atoms with Gasteiger partial charge in [-0.05, 0) is 11.9 Å². The van der Waals surface area contributed by atoms with E-state index in [1.807, 2.05) is 0 Å². The van der Waals surface area contributed by atoms with E-state index in [0.717, 1.165) is 0 Å². The second-order valence-corrected chi connectivity index (χ2v) is 3.78. The molecular weight excluding hydrogens is 324 g/mol. The number of esters is 1. The Morgan fingerprint density at radius 1 is 1.53 bits per heavy atom. The molecule has 4 heteroatoms. The van der Waals surface area contributed by atoms with Gasteiger partial charge in [0.2, 0.25) is 0 Å². The van der Waals surface area contributed by atoms with Crippen molar-refractivity contribution in [2.75, 3.05) is 5.28 Å². The lowest BCUT2D eigenvalue weighted by molar-refractivity contribution is -0.144. The van der Waals surface area contributed by atoms with Crippen molar-refractivity contribution in [3.05, 3.63) is 35.9 Å². The van der Waals surface area contributed by atoms with Crippen molar-refractivity contribution in [3.63, 3.8) is 0 Å². The van der Waals surface area contributed by atoms with Gasteiger partial charge in [0, 0.05) is 10.8 Å². The van der Waals surface area contributed by atoms with Crippen LogP contribution < -0.4 is 0 Å². The van der Waals surface area contributed by atoms with E-state index in [-0.39, 0.29) is 6.61 Å². The molecule has 2 nitrogen and oxygen atoms in total. The van der Waals surface area contributed by atoms with Crippen LogP contribution in [0.15, 0.2) is 30.3 Å². The van der Waals surface area contributed by atoms with Gasteiger partial charge in [0.25, 0.3) is 0 Å². The molecule has 1 atom stereocenters. The minimum absolute atomic E-state index is 0.118. The topological polar surface area (TPSA) is 26.3 Å². The summed E-state index contributed by atoms with van der Waals surface area (Å²) < 4.78 is 42.5. The summed E-state index contributed by atoms with van der Waals surface area (Å²) in [6.45, 7) is -0.118. The molecule has 1 aromatic carbocycles. The van der Waals surface area contributed by atoms with Crippen molar-refractivity contribution in [1.82, 2.24) is 0 Å². The average molecular weight is 341 g/mol. The van der Waals surface area contributed by atoms with E-state index in [2.05, 4.69) is 31.9 Å². The second-order valence-electron chi connectivity index (χ2n) is 2.60. The predicted molar refractivity (Wildman–Crippen MR) is 67.4 cm³/mol. The molecule has 0 saturated carbocycles. The Labute approximate surface area is 113 Å². The zero-order chi connectivity index (χ0) is 15.6. The van der Waals surface area contributed by atoms with Gasteiger partial charge in [-0.2, -0.15) is 0 Å². The van der Waals surface area contributed by atoms with Crippen molar-refractivity contribution in [2.45, 2.75) is 17.8 Å². The van der Waals surface area contributed by atoms with Crippen molar-refractivity contribution < 1.29 is 16.4 Å². The number of carbonyl (C=O) groups excluding carboxylic acids is 1. The number of rotatable bonds is 5. The number of hydrogen-bond donors (Lipinski definition) is 0. The number of hydrogen-bond acceptors (Lipinski definition) is 2. The molecule has 0 bridgehead atoms. The largest absolute Gasteiger partial charge is 0.460 e. The number of halogens is 2. The Morgan fingerprint density at radius 2 is 2.20 bits per heavy atom. The van der Waals surface area contributed by atoms with Crippen LogP contribution >= 0.6 is 31.9 Å². The van der Waals surface area contributed by atoms with Gasteiger partial charge in [-0.3, -0.25) is 4.79 Å². The molecule has 0 N–H and O–H groups in total. The first-order chi connectivity index (χ1) is 9.00. The summed E-state index contributed by atoms with van der Waals surface area (Å²) >= 11 is 5.13. The van der Waals surface area contributed by atoms with Crippen molar-refractivity contribution >= 4 is 37.8 Å². The zero-order valence-corrected chi connectivity index (χ0v) is 10.8. The predicted octanol–water partition coefficient (Wildman–Crippen LogP) is 3.28. The molecule has 82 valence electrons. The first-order valence-electron chi connectivity index (χ1n) is 6.59. The Kier molecular flexibility index (Phi) is 3.30. The van der Waals surface area contributed by atoms with Crippen LogP contribution in [0.25, 0.3) is 0 Å². The minimum Gasteiger partial charge on any atom is -0.460 e. The number of carbonyl (C=O) groups is 1. The molecule has 0 aliphatic heterocycles. The highest BCUT2D eigenvalue weighted by atomic mass is 79.9. The van der Waals surface area contributed by atoms with E-state index >= 15 is 0 Å². The second kappa shape index (κ2) is 7.01. The van der Waals surface area contributed by atoms with E-state index in [4.69, 9.17) is 11.6 Å². The van der Waals surface area contributed by atoms with E-state index in [9.17, 15) is 4.79 Å². The number of alkyl halides is 2. The van der Waals surface area contributed by atoms with Gasteiger partial charge in [0.05, 0.1) is 1.37 Å². The summed E-state index contributed by atoms with van der Waals surface area (Å²) in [5.74, 6) is -1.20. The van der Waals surface area contributed by atoms with Crippen LogP contribution in [0.2, 0.25) is 0 Å². The van der Waals surface area contributed by atoms with Gasteiger partial charge in [0.15, 0.2) is 0 Å². The average Bonchev–Trinajstić information content (AvgIpc) is 2.35. The van der Waals surface area contributed by atoms with Crippen LogP contribution in [-0.2, 0) is 16.1 Å². The summed E-state index contributed by atoms with van der Waals surface area (Å²) in [5.41, 5.74) is 0.687. The Morgan fingerprint density at radius 3 is 2.80 bits per heavy atom. The highest BCUT2D eigenvalue weighted by Crippen LogP contribution is 2.10. The van der Waals surface area contributed by atoms with E-state index in [1.54, 1.807) is 30.3 Å². The molecule has 0 fully saturated rings. The van der Waals surface area contributed by atoms with Crippen LogP contribution in [-0.4, -0.2) is 16.1 Å². The maximum absolute atomic E-state index is 11.8. The molecule has 0 aliphatic carbocycles. The van der Waals surface area contributed by atoms with Gasteiger partial charge in [0.1, 0.15) is 11.4 Å². The molecule has 0 aliphatic rings. The van der Waals surface area contributed by atoms with E-state index < -0.39 is 22.4 Å². The van der Waals surface area contributed by atoms with Crippen molar-refractivity contribution in [2.24, 2.45) is 0 Å². The van der Waals surface area contributed by atoms with E-state index in [1.165, 1.54) is 0 Å². The lowest BCUT2D eigenvalue weighted by Gasteiger charge is -2.08. The fraction of sp³-hybridized carbons (Fsp3) is 0.364. The smallest absolute Gasteiger partial charge is 0.320 e. The quantitative estimate of drug-likeness (QED) is 0.607. The maximum Gasteiger partial charge on any atom is 0.320 e. The minimum atomic E-state index is -2.84. The highest BCUT2D eigenvalue weighted by molar-refractivity contribution is 9.10. The number of benzene rings is 1. The SMILES string of the molecule is [2H]C([2H])(Br)C([2H])([2H])C([2H])(Br)C(=O)OCc1ccccc1. The van der Waals surface area contributed by atoms with Crippen LogP contribution in [0.4, 0.5) is 0 Å². The van der Waals surface area contributed by atoms with Gasteiger partial charge < -0.3 is 4.74 Å². The first kappa shape index (κ1) is 7.07. The molecule has 1 unspecified atom stereocenters. The molecule has 1 aromatic rings. The van der Waals surface area contributed by atoms with Crippen molar-refractivity contribution in [1.29, 1.82) is 0 Å². The van der Waals surface area contributed by atoms with Gasteiger partial charge in [-0.15, -0.1) is 0 Å². The summed E-state index contributed by atoms with van der Waals surface area (Å²) in [5, 5.41) is -2.57. The van der Waals surface area contributed by atoms with Crippen molar-refractivity contribution in [3.8, 4) is 0 Å². The Bertz CT molecular complexity index is 473. The van der Waals surface area contributed by atoms with Crippen LogP contribution in [0.5, 0.6) is 0 Å². The standard InChI is InChI=1S/C11H12Br2O2/c12-7-6-10(13)11(14)15-8-9-4-2-1-3-5-9/h1-5,10H,6-8H2/i6D2,7D2,10D. The highest BCUT2D eigenvalue weighted by Gasteiger charge is 2.15. The monoisotopic (exact) mass is 339 g/mol. The third-order valence-electron chi connectivity index (χ3n) is 1.55. The molecular formula is C11H12Br2O2. The fourth-order valence-corrected chi connectivity index (χ4v) is 1.56. The summed E-state index contributed by atoms with van der Waals surface area (Å²) in [4.78, 5) is 9.28. The molecule has 1 rings (SSSR count). The van der Waals surface area contributed by atoms with Gasteiger partial charge >= 0.3 is 5.97 Å². The van der Waals surface area contributed by atoms with Gasteiger partial charge in [-0.25, -0.2) is 0 Å². The molecule has 0 saturated heterocycles. The normalized spacial score (nSPS) is 21.1.